The van der Waals surface area contributed by atoms with Gasteiger partial charge in [-0.2, -0.15) is 0 Å². The third-order valence-electron chi connectivity index (χ3n) is 7.28. The van der Waals surface area contributed by atoms with Crippen LogP contribution in [0.25, 0.3) is 11.1 Å². The maximum absolute atomic E-state index is 2.61. The molecule has 0 spiro atoms. The normalized spacial score (nSPS) is 18.9. The zero-order chi connectivity index (χ0) is 20.3. The van der Waals surface area contributed by atoms with Gasteiger partial charge in [0.05, 0.1) is 0 Å². The SMILES string of the molecule is CC1=C(C)[CH]([Ti+2]([CH]2C(C)=C(C)c3cccc(C)c32)=[Si](C)C)c2c(C)cccc21.[Cl-].[Cl-]. The van der Waals surface area contributed by atoms with Crippen LogP contribution in [0.2, 0.25) is 13.1 Å². The molecule has 2 aromatic rings. The van der Waals surface area contributed by atoms with E-state index in [1.165, 1.54) is 22.3 Å². The van der Waals surface area contributed by atoms with E-state index >= 15 is 0 Å². The number of rotatable bonds is 2. The molecule has 4 rings (SSSR count). The number of fused-ring (bicyclic) bond motifs is 2. The summed E-state index contributed by atoms with van der Waals surface area (Å²) >= 11 is -1.51. The van der Waals surface area contributed by atoms with Gasteiger partial charge in [-0.15, -0.1) is 0 Å². The third kappa shape index (κ3) is 3.76. The predicted octanol–water partition coefficient (Wildman–Crippen LogP) is 1.58. The zero-order valence-electron chi connectivity index (χ0n) is 19.4. The minimum Gasteiger partial charge on any atom is -1.00 e. The summed E-state index contributed by atoms with van der Waals surface area (Å²) in [5, 5.41) is 0. The molecule has 2 aliphatic carbocycles. The van der Waals surface area contributed by atoms with Crippen molar-refractivity contribution in [3.8, 4) is 0 Å². The summed E-state index contributed by atoms with van der Waals surface area (Å²) in [5.41, 5.74) is 15.9. The van der Waals surface area contributed by atoms with Gasteiger partial charge in [-0.05, 0) is 0 Å². The van der Waals surface area contributed by atoms with Crippen LogP contribution in [0.5, 0.6) is 0 Å². The Kier molecular flexibility index (Phi) is 8.14. The van der Waals surface area contributed by atoms with Crippen LogP contribution in [0, 0.1) is 13.8 Å². The van der Waals surface area contributed by atoms with Gasteiger partial charge in [-0.25, -0.2) is 0 Å². The Balaban J connectivity index is 0.00000160. The molecule has 30 heavy (non-hydrogen) atoms. The van der Waals surface area contributed by atoms with Gasteiger partial charge >= 0.3 is 178 Å². The molecule has 0 heterocycles. The number of aryl methyl sites for hydroxylation is 2. The van der Waals surface area contributed by atoms with E-state index in [9.17, 15) is 0 Å². The Hall–Kier alpha value is -0.569. The first kappa shape index (κ1) is 25.7. The molecule has 0 amide bonds. The molecule has 0 radical (unpaired) electrons. The molecule has 2 atom stereocenters. The number of hydrogen-bond acceptors (Lipinski definition) is 0. The van der Waals surface area contributed by atoms with Crippen molar-refractivity contribution in [1.82, 2.24) is 0 Å². The van der Waals surface area contributed by atoms with Crippen LogP contribution in [0.3, 0.4) is 0 Å². The van der Waals surface area contributed by atoms with E-state index in [0.29, 0.717) is 0 Å². The second-order valence-electron chi connectivity index (χ2n) is 9.01. The molecule has 4 heteroatoms. The van der Waals surface area contributed by atoms with Crippen molar-refractivity contribution < 1.29 is 41.4 Å². The van der Waals surface area contributed by atoms with Gasteiger partial charge in [0.15, 0.2) is 0 Å². The van der Waals surface area contributed by atoms with Crippen LogP contribution in [0.4, 0.5) is 0 Å². The Morgan fingerprint density at radius 2 is 1.00 bits per heavy atom. The molecule has 2 aliphatic rings. The fourth-order valence-electron chi connectivity index (χ4n) is 5.59. The molecule has 0 saturated heterocycles. The molecule has 0 bridgehead atoms. The van der Waals surface area contributed by atoms with E-state index in [2.05, 4.69) is 91.0 Å². The first-order valence-corrected chi connectivity index (χ1v) is 17.1. The summed E-state index contributed by atoms with van der Waals surface area (Å²) in [6, 6.07) is 13.9. The third-order valence-corrected chi connectivity index (χ3v) is 20.4. The molecular weight excluding hydrogens is 459 g/mol. The van der Waals surface area contributed by atoms with Crippen molar-refractivity contribution in [2.75, 3.05) is 0 Å². The Bertz CT molecular complexity index is 1020. The minimum absolute atomic E-state index is 0. The second kappa shape index (κ2) is 9.51. The monoisotopic (exact) mass is 490 g/mol. The largest absolute Gasteiger partial charge is 1.00 e. The summed E-state index contributed by atoms with van der Waals surface area (Å²) in [7, 11) is 0. The summed E-state index contributed by atoms with van der Waals surface area (Å²) < 4.78 is 1.44. The molecule has 0 N–H and O–H groups in total. The van der Waals surface area contributed by atoms with E-state index in [1.54, 1.807) is 33.4 Å². The van der Waals surface area contributed by atoms with Crippen LogP contribution in [0.15, 0.2) is 47.5 Å². The van der Waals surface area contributed by atoms with E-state index in [-0.39, 0.29) is 31.0 Å². The van der Waals surface area contributed by atoms with E-state index in [0.717, 1.165) is 8.45 Å². The van der Waals surface area contributed by atoms with Crippen molar-refractivity contribution in [2.45, 2.75) is 63.1 Å². The average Bonchev–Trinajstić information content (AvgIpc) is 3.05. The van der Waals surface area contributed by atoms with Crippen LogP contribution in [0.1, 0.15) is 69.5 Å². The van der Waals surface area contributed by atoms with Crippen molar-refractivity contribution in [2.24, 2.45) is 0 Å². The predicted molar refractivity (Wildman–Crippen MR) is 122 cm³/mol. The smallest absolute Gasteiger partial charge is 1.00 e. The Morgan fingerprint density at radius 1 is 0.633 bits per heavy atom. The fraction of sp³-hybridized carbons (Fsp3) is 0.385. The van der Waals surface area contributed by atoms with Gasteiger partial charge in [-0.1, -0.05) is 0 Å². The number of allylic oxidation sites excluding steroid dienone is 4. The van der Waals surface area contributed by atoms with Crippen LogP contribution in [-0.4, -0.2) is 6.19 Å². The Morgan fingerprint density at radius 3 is 1.33 bits per heavy atom. The summed E-state index contributed by atoms with van der Waals surface area (Å²) in [4.78, 5) is 0. The van der Waals surface area contributed by atoms with Gasteiger partial charge in [0.1, 0.15) is 0 Å². The number of halogens is 2. The molecule has 0 nitrogen and oxygen atoms in total. The van der Waals surface area contributed by atoms with Gasteiger partial charge in [0.25, 0.3) is 0 Å². The molecule has 0 fully saturated rings. The standard InChI is InChI=1S/2C12H13.C2H6Si.2ClH.Ti/c2*1-8-5-4-6-11-10(3)9(2)7-12(8)11;1-3-2;;;/h2*4-7H,1-3H3;1-2H3;2*1H;/q;;;;;+2/p-2. The van der Waals surface area contributed by atoms with Gasteiger partial charge in [0, 0.05) is 0 Å². The van der Waals surface area contributed by atoms with Crippen molar-refractivity contribution in [1.29, 1.82) is 0 Å². The maximum atomic E-state index is 2.61. The summed E-state index contributed by atoms with van der Waals surface area (Å²) in [6.07, 6.45) is -0.368. The van der Waals surface area contributed by atoms with Gasteiger partial charge in [0.2, 0.25) is 0 Å². The Labute approximate surface area is 201 Å². The molecule has 158 valence electrons. The summed E-state index contributed by atoms with van der Waals surface area (Å²) in [5.74, 6) is 0. The zero-order valence-corrected chi connectivity index (χ0v) is 23.4. The van der Waals surface area contributed by atoms with Crippen molar-refractivity contribution >= 4 is 17.3 Å². The van der Waals surface area contributed by atoms with Crippen molar-refractivity contribution in [3.63, 3.8) is 0 Å². The molecule has 0 aliphatic heterocycles. The maximum Gasteiger partial charge on any atom is -1.00 e. The van der Waals surface area contributed by atoms with E-state index in [1.807, 2.05) is 0 Å². The summed E-state index contributed by atoms with van der Waals surface area (Å²) in [6.45, 7) is 19.5. The molecule has 0 saturated carbocycles. The van der Waals surface area contributed by atoms with Gasteiger partial charge < -0.3 is 24.8 Å². The van der Waals surface area contributed by atoms with Crippen LogP contribution >= 0.6 is 0 Å². The fourth-order valence-corrected chi connectivity index (χ4v) is 20.0. The second-order valence-corrected chi connectivity index (χ2v) is 21.3. The quantitative estimate of drug-likeness (QED) is 0.560. The first-order chi connectivity index (χ1) is 13.3. The van der Waals surface area contributed by atoms with Crippen molar-refractivity contribution in [3.05, 3.63) is 80.9 Å². The van der Waals surface area contributed by atoms with Gasteiger partial charge in [-0.3, -0.25) is 0 Å². The van der Waals surface area contributed by atoms with E-state index in [4.69, 9.17) is 0 Å². The van der Waals surface area contributed by atoms with E-state index < -0.39 is 16.6 Å². The number of benzene rings is 2. The molecule has 2 aromatic carbocycles. The average molecular weight is 491 g/mol. The van der Waals surface area contributed by atoms with Crippen LogP contribution < -0.4 is 24.8 Å². The minimum atomic E-state index is -1.51. The first-order valence-electron chi connectivity index (χ1n) is 10.5. The van der Waals surface area contributed by atoms with Crippen LogP contribution in [-0.2, 0) is 16.6 Å². The topological polar surface area (TPSA) is 0 Å². The molecule has 2 unspecified atom stereocenters. The molecule has 0 aromatic heterocycles. The molecular formula is C26H32Cl2SiTi. The number of hydrogen-bond donors (Lipinski definition) is 0.